The van der Waals surface area contributed by atoms with E-state index in [0.717, 1.165) is 12.3 Å². The van der Waals surface area contributed by atoms with Crippen molar-refractivity contribution in [3.8, 4) is 0 Å². The summed E-state index contributed by atoms with van der Waals surface area (Å²) in [5, 5.41) is 9.01. The van der Waals surface area contributed by atoms with Crippen molar-refractivity contribution in [3.05, 3.63) is 23.7 Å². The third-order valence-electron chi connectivity index (χ3n) is 2.20. The summed E-state index contributed by atoms with van der Waals surface area (Å²) in [6.45, 7) is 6.57. The number of rotatable bonds is 3. The molecule has 0 radical (unpaired) electrons. The normalized spacial score (nSPS) is 19.5. The van der Waals surface area contributed by atoms with Crippen molar-refractivity contribution in [2.24, 2.45) is 5.92 Å². The van der Waals surface area contributed by atoms with Crippen LogP contribution in [0.15, 0.2) is 23.7 Å². The first kappa shape index (κ1) is 13.3. The van der Waals surface area contributed by atoms with Crippen molar-refractivity contribution in [3.63, 3.8) is 0 Å². The Hall–Kier alpha value is -1.78. The van der Waals surface area contributed by atoms with Gasteiger partial charge in [0.1, 0.15) is 0 Å². The first-order valence-electron chi connectivity index (χ1n) is 5.29. The molecule has 94 valence electrons. The molecular weight excluding hydrogens is 224 g/mol. The molecule has 0 unspecified atom stereocenters. The molecule has 0 aromatic carbocycles. The number of ether oxygens (including phenoxy) is 2. The molecule has 1 rings (SSSR count). The molecule has 5 heteroatoms. The first-order valence-corrected chi connectivity index (χ1v) is 5.29. The van der Waals surface area contributed by atoms with Crippen LogP contribution in [0.25, 0.3) is 0 Å². The van der Waals surface area contributed by atoms with E-state index in [-0.39, 0.29) is 17.3 Å². The van der Waals surface area contributed by atoms with Crippen LogP contribution in [-0.4, -0.2) is 22.6 Å². The Morgan fingerprint density at radius 1 is 1.41 bits per heavy atom. The Morgan fingerprint density at radius 3 is 2.41 bits per heavy atom. The van der Waals surface area contributed by atoms with Gasteiger partial charge in [0.2, 0.25) is 11.6 Å². The SMILES string of the molecule is CC(C)/C(=C/O)C(=O)C1=CC(=O)OC(C)(C)O1. The van der Waals surface area contributed by atoms with Crippen LogP contribution in [0.1, 0.15) is 27.7 Å². The zero-order valence-electron chi connectivity index (χ0n) is 10.3. The van der Waals surface area contributed by atoms with Gasteiger partial charge in [-0.15, -0.1) is 0 Å². The summed E-state index contributed by atoms with van der Waals surface area (Å²) in [4.78, 5) is 23.2. The quantitative estimate of drug-likeness (QED) is 0.463. The molecule has 0 saturated heterocycles. The van der Waals surface area contributed by atoms with Crippen LogP contribution in [0.4, 0.5) is 0 Å². The fourth-order valence-electron chi connectivity index (χ4n) is 1.42. The van der Waals surface area contributed by atoms with Crippen LogP contribution in [-0.2, 0) is 19.1 Å². The minimum absolute atomic E-state index is 0.111. The number of allylic oxidation sites excluding steroid dienone is 1. The topological polar surface area (TPSA) is 72.8 Å². The van der Waals surface area contributed by atoms with Crippen molar-refractivity contribution in [1.29, 1.82) is 0 Å². The van der Waals surface area contributed by atoms with Crippen molar-refractivity contribution < 1.29 is 24.2 Å². The van der Waals surface area contributed by atoms with Crippen LogP contribution in [0.3, 0.4) is 0 Å². The summed E-state index contributed by atoms with van der Waals surface area (Å²) in [5.74, 6) is -2.59. The van der Waals surface area contributed by atoms with E-state index >= 15 is 0 Å². The van der Waals surface area contributed by atoms with Gasteiger partial charge >= 0.3 is 5.97 Å². The van der Waals surface area contributed by atoms with E-state index in [1.165, 1.54) is 13.8 Å². The second kappa shape index (κ2) is 4.61. The summed E-state index contributed by atoms with van der Waals surface area (Å²) in [5.41, 5.74) is 0.182. The van der Waals surface area contributed by atoms with Crippen molar-refractivity contribution >= 4 is 11.8 Å². The number of hydrogen-bond donors (Lipinski definition) is 1. The maximum absolute atomic E-state index is 12.0. The molecule has 17 heavy (non-hydrogen) atoms. The highest BCUT2D eigenvalue weighted by Crippen LogP contribution is 2.25. The van der Waals surface area contributed by atoms with Gasteiger partial charge < -0.3 is 14.6 Å². The number of carbonyl (C=O) groups excluding carboxylic acids is 2. The van der Waals surface area contributed by atoms with E-state index in [1.807, 2.05) is 0 Å². The third-order valence-corrected chi connectivity index (χ3v) is 2.20. The average molecular weight is 240 g/mol. The molecule has 0 saturated carbocycles. The van der Waals surface area contributed by atoms with Gasteiger partial charge in [-0.2, -0.15) is 0 Å². The van der Waals surface area contributed by atoms with Gasteiger partial charge in [-0.25, -0.2) is 4.79 Å². The summed E-state index contributed by atoms with van der Waals surface area (Å²) >= 11 is 0. The van der Waals surface area contributed by atoms with E-state index in [1.54, 1.807) is 13.8 Å². The van der Waals surface area contributed by atoms with Crippen molar-refractivity contribution in [2.75, 3.05) is 0 Å². The second-order valence-corrected chi connectivity index (χ2v) is 4.50. The molecule has 0 aliphatic carbocycles. The lowest BCUT2D eigenvalue weighted by Crippen LogP contribution is -2.36. The number of aliphatic hydroxyl groups is 1. The van der Waals surface area contributed by atoms with Gasteiger partial charge in [0.15, 0.2) is 5.76 Å². The first-order chi connectivity index (χ1) is 7.76. The number of hydrogen-bond acceptors (Lipinski definition) is 5. The van der Waals surface area contributed by atoms with E-state index < -0.39 is 17.5 Å². The molecule has 0 aromatic rings. The molecule has 0 aromatic heterocycles. The Labute approximate surface area is 99.7 Å². The fraction of sp³-hybridized carbons (Fsp3) is 0.500. The fourth-order valence-corrected chi connectivity index (χ4v) is 1.42. The average Bonchev–Trinajstić information content (AvgIpc) is 2.14. The standard InChI is InChI=1S/C12H16O5/c1-7(2)8(6-13)11(15)9-5-10(14)17-12(3,4)16-9/h5-7,13H,1-4H3/b8-6-. The molecule has 0 amide bonds. The second-order valence-electron chi connectivity index (χ2n) is 4.50. The summed E-state index contributed by atoms with van der Waals surface area (Å²) in [6.07, 6.45) is 1.73. The lowest BCUT2D eigenvalue weighted by atomic mass is 9.99. The van der Waals surface area contributed by atoms with Crippen molar-refractivity contribution in [1.82, 2.24) is 0 Å². The highest BCUT2D eigenvalue weighted by Gasteiger charge is 2.34. The Morgan fingerprint density at radius 2 is 2.00 bits per heavy atom. The monoisotopic (exact) mass is 240 g/mol. The summed E-state index contributed by atoms with van der Waals surface area (Å²) in [6, 6.07) is 0. The number of ketones is 1. The van der Waals surface area contributed by atoms with Gasteiger partial charge in [-0.1, -0.05) is 13.8 Å². The maximum atomic E-state index is 12.0. The lowest BCUT2D eigenvalue weighted by Gasteiger charge is -2.30. The van der Waals surface area contributed by atoms with Gasteiger partial charge in [0.25, 0.3) is 0 Å². The van der Waals surface area contributed by atoms with E-state index in [0.29, 0.717) is 0 Å². The highest BCUT2D eigenvalue weighted by atomic mass is 16.7. The van der Waals surface area contributed by atoms with Crippen molar-refractivity contribution in [2.45, 2.75) is 33.5 Å². The molecule has 0 bridgehead atoms. The van der Waals surface area contributed by atoms with E-state index in [2.05, 4.69) is 0 Å². The lowest BCUT2D eigenvalue weighted by molar-refractivity contribution is -0.205. The number of aliphatic hydroxyl groups excluding tert-OH is 1. The Kier molecular flexibility index (Phi) is 3.60. The Balaban J connectivity index is 3.01. The molecule has 1 heterocycles. The molecule has 0 fully saturated rings. The molecule has 1 aliphatic heterocycles. The molecule has 1 N–H and O–H groups in total. The highest BCUT2D eigenvalue weighted by molar-refractivity contribution is 6.09. The largest absolute Gasteiger partial charge is 0.515 e. The predicted molar refractivity (Wildman–Crippen MR) is 59.9 cm³/mol. The number of carbonyl (C=O) groups is 2. The van der Waals surface area contributed by atoms with Gasteiger partial charge in [0.05, 0.1) is 12.3 Å². The van der Waals surface area contributed by atoms with Crippen LogP contribution in [0, 0.1) is 5.92 Å². The van der Waals surface area contributed by atoms with Crippen LogP contribution >= 0.6 is 0 Å². The zero-order valence-corrected chi connectivity index (χ0v) is 10.3. The number of Topliss-reactive ketones (excluding diaryl/α,β-unsaturated/α-hetero) is 1. The minimum atomic E-state index is -1.17. The molecule has 5 nitrogen and oxygen atoms in total. The minimum Gasteiger partial charge on any atom is -0.515 e. The van der Waals surface area contributed by atoms with Gasteiger partial charge in [0, 0.05) is 19.4 Å². The van der Waals surface area contributed by atoms with E-state index in [4.69, 9.17) is 14.6 Å². The van der Waals surface area contributed by atoms with Crippen LogP contribution < -0.4 is 0 Å². The maximum Gasteiger partial charge on any atom is 0.337 e. The summed E-state index contributed by atoms with van der Waals surface area (Å²) in [7, 11) is 0. The smallest absolute Gasteiger partial charge is 0.337 e. The molecule has 0 spiro atoms. The molecular formula is C12H16O5. The van der Waals surface area contributed by atoms with Crippen LogP contribution in [0.5, 0.6) is 0 Å². The number of esters is 1. The van der Waals surface area contributed by atoms with Crippen LogP contribution in [0.2, 0.25) is 0 Å². The van der Waals surface area contributed by atoms with E-state index in [9.17, 15) is 9.59 Å². The van der Waals surface area contributed by atoms with Gasteiger partial charge in [-0.3, -0.25) is 4.79 Å². The Bertz CT molecular complexity index is 401. The molecule has 1 aliphatic rings. The number of cyclic esters (lactones) is 1. The molecule has 0 atom stereocenters. The summed E-state index contributed by atoms with van der Waals surface area (Å²) < 4.78 is 10.1. The van der Waals surface area contributed by atoms with Gasteiger partial charge in [-0.05, 0) is 5.92 Å². The third kappa shape index (κ3) is 3.09. The zero-order chi connectivity index (χ0) is 13.2. The predicted octanol–water partition coefficient (Wildman–Crippen LogP) is 1.85.